The van der Waals surface area contributed by atoms with Crippen LogP contribution in [0.4, 0.5) is 0 Å². The second-order valence-corrected chi connectivity index (χ2v) is 6.79. The van der Waals surface area contributed by atoms with Crippen molar-refractivity contribution in [3.63, 3.8) is 0 Å². The highest BCUT2D eigenvalue weighted by molar-refractivity contribution is 6.30. The van der Waals surface area contributed by atoms with Crippen LogP contribution in [0, 0.1) is 6.92 Å². The first-order valence-electron chi connectivity index (χ1n) is 9.03. The van der Waals surface area contributed by atoms with E-state index in [-0.39, 0.29) is 0 Å². The lowest BCUT2D eigenvalue weighted by molar-refractivity contribution is 0.768. The average Bonchev–Trinajstić information content (AvgIpc) is 3.04. The van der Waals surface area contributed by atoms with Gasteiger partial charge in [-0.2, -0.15) is 0 Å². The molecular formula is C22H25ClN2. The number of imidazole rings is 1. The summed E-state index contributed by atoms with van der Waals surface area (Å²) in [6, 6.07) is 12.6. The Morgan fingerprint density at radius 3 is 2.24 bits per heavy atom. The molecule has 0 fully saturated rings. The summed E-state index contributed by atoms with van der Waals surface area (Å²) in [5.41, 5.74) is 7.33. The molecule has 0 aliphatic carbocycles. The third-order valence-corrected chi connectivity index (χ3v) is 5.04. The molecule has 0 unspecified atom stereocenters. The molecule has 0 saturated carbocycles. The minimum absolute atomic E-state index is 0.765. The Bertz CT molecular complexity index is 871. The van der Waals surface area contributed by atoms with Crippen molar-refractivity contribution in [1.82, 2.24) is 9.55 Å². The van der Waals surface area contributed by atoms with Crippen molar-refractivity contribution in [2.45, 2.75) is 47.1 Å². The number of halogens is 1. The van der Waals surface area contributed by atoms with E-state index < -0.39 is 0 Å². The summed E-state index contributed by atoms with van der Waals surface area (Å²) in [6.07, 6.45) is 4.18. The van der Waals surface area contributed by atoms with Crippen molar-refractivity contribution >= 4 is 11.6 Å². The first kappa shape index (κ1) is 17.8. The Morgan fingerprint density at radius 2 is 1.68 bits per heavy atom. The van der Waals surface area contributed by atoms with Crippen LogP contribution in [0.5, 0.6) is 0 Å². The fourth-order valence-corrected chi connectivity index (χ4v) is 3.66. The van der Waals surface area contributed by atoms with Crippen LogP contribution in [0.2, 0.25) is 5.02 Å². The molecule has 0 aliphatic rings. The Labute approximate surface area is 155 Å². The van der Waals surface area contributed by atoms with Crippen molar-refractivity contribution in [3.05, 3.63) is 64.3 Å². The Morgan fingerprint density at radius 1 is 1.00 bits per heavy atom. The van der Waals surface area contributed by atoms with Gasteiger partial charge < -0.3 is 4.57 Å². The largest absolute Gasteiger partial charge is 0.331 e. The quantitative estimate of drug-likeness (QED) is 0.525. The first-order valence-corrected chi connectivity index (χ1v) is 9.41. The fourth-order valence-electron chi connectivity index (χ4n) is 3.43. The molecule has 0 saturated heterocycles. The van der Waals surface area contributed by atoms with Gasteiger partial charge in [-0.1, -0.05) is 49.7 Å². The van der Waals surface area contributed by atoms with E-state index in [1.165, 1.54) is 16.7 Å². The summed E-state index contributed by atoms with van der Waals surface area (Å²) < 4.78 is 2.26. The number of aryl methyl sites for hydroxylation is 4. The fraction of sp³-hybridized carbons (Fsp3) is 0.318. The van der Waals surface area contributed by atoms with E-state index in [1.54, 1.807) is 0 Å². The molecular weight excluding hydrogens is 328 g/mol. The van der Waals surface area contributed by atoms with Crippen LogP contribution >= 0.6 is 11.6 Å². The summed E-state index contributed by atoms with van der Waals surface area (Å²) in [5.74, 6) is 1.07. The number of rotatable bonds is 5. The molecule has 3 rings (SSSR count). The van der Waals surface area contributed by atoms with Gasteiger partial charge in [0, 0.05) is 28.9 Å². The number of aromatic nitrogens is 2. The lowest BCUT2D eigenvalue weighted by atomic mass is 9.97. The highest BCUT2D eigenvalue weighted by atomic mass is 35.5. The van der Waals surface area contributed by atoms with Crippen molar-refractivity contribution in [3.8, 4) is 22.6 Å². The number of nitrogens with zero attached hydrogens (tertiary/aromatic N) is 2. The zero-order valence-corrected chi connectivity index (χ0v) is 16.2. The smallest absolute Gasteiger partial charge is 0.141 e. The Balaban J connectivity index is 2.21. The van der Waals surface area contributed by atoms with Crippen LogP contribution in [0.15, 0.2) is 42.6 Å². The molecule has 0 atom stereocenters. The highest BCUT2D eigenvalue weighted by Gasteiger charge is 2.17. The molecule has 2 aromatic carbocycles. The molecule has 0 spiro atoms. The van der Waals surface area contributed by atoms with Crippen molar-refractivity contribution in [1.29, 1.82) is 0 Å². The lowest BCUT2D eigenvalue weighted by Crippen LogP contribution is -2.02. The van der Waals surface area contributed by atoms with Gasteiger partial charge in [-0.15, -0.1) is 0 Å². The predicted molar refractivity (Wildman–Crippen MR) is 107 cm³/mol. The van der Waals surface area contributed by atoms with Gasteiger partial charge in [-0.05, 0) is 55.5 Å². The van der Waals surface area contributed by atoms with Gasteiger partial charge >= 0.3 is 0 Å². The van der Waals surface area contributed by atoms with Gasteiger partial charge in [0.05, 0.1) is 5.69 Å². The standard InChI is InChI=1S/C22H25ClN2/c1-5-16-9-8-10-17(6-2)21(16)22-24-20(14-25(22)7-3)19-12-11-18(23)13-15(19)4/h8-14H,5-7H2,1-4H3. The van der Waals surface area contributed by atoms with Gasteiger partial charge in [-0.3, -0.25) is 0 Å². The third-order valence-electron chi connectivity index (χ3n) is 4.80. The van der Waals surface area contributed by atoms with Gasteiger partial charge in [-0.25, -0.2) is 4.98 Å². The van der Waals surface area contributed by atoms with E-state index in [2.05, 4.69) is 62.7 Å². The van der Waals surface area contributed by atoms with Crippen molar-refractivity contribution in [2.75, 3.05) is 0 Å². The summed E-state index contributed by atoms with van der Waals surface area (Å²) >= 11 is 6.12. The molecule has 0 bridgehead atoms. The maximum atomic E-state index is 6.12. The molecule has 1 heterocycles. The Hall–Kier alpha value is -2.06. The van der Waals surface area contributed by atoms with E-state index in [1.807, 2.05) is 12.1 Å². The molecule has 3 heteroatoms. The van der Waals surface area contributed by atoms with Crippen molar-refractivity contribution in [2.24, 2.45) is 0 Å². The summed E-state index contributed by atoms with van der Waals surface area (Å²) in [4.78, 5) is 5.05. The normalized spacial score (nSPS) is 11.1. The zero-order valence-electron chi connectivity index (χ0n) is 15.4. The van der Waals surface area contributed by atoms with Crippen LogP contribution in [0.1, 0.15) is 37.5 Å². The highest BCUT2D eigenvalue weighted by Crippen LogP contribution is 2.32. The van der Waals surface area contributed by atoms with Crippen molar-refractivity contribution < 1.29 is 0 Å². The van der Waals surface area contributed by atoms with Gasteiger partial charge in [0.15, 0.2) is 0 Å². The monoisotopic (exact) mass is 352 g/mol. The van der Waals surface area contributed by atoms with E-state index in [4.69, 9.17) is 16.6 Å². The minimum Gasteiger partial charge on any atom is -0.331 e. The van der Waals surface area contributed by atoms with E-state index in [9.17, 15) is 0 Å². The van der Waals surface area contributed by atoms with Crippen LogP contribution in [0.25, 0.3) is 22.6 Å². The lowest BCUT2D eigenvalue weighted by Gasteiger charge is -2.13. The molecule has 0 N–H and O–H groups in total. The molecule has 0 aliphatic heterocycles. The maximum Gasteiger partial charge on any atom is 0.141 e. The molecule has 2 nitrogen and oxygen atoms in total. The van der Waals surface area contributed by atoms with Crippen LogP contribution < -0.4 is 0 Å². The number of hydrogen-bond donors (Lipinski definition) is 0. The van der Waals surface area contributed by atoms with E-state index in [0.717, 1.165) is 47.1 Å². The van der Waals surface area contributed by atoms with E-state index >= 15 is 0 Å². The molecule has 130 valence electrons. The SMILES string of the molecule is CCc1cccc(CC)c1-c1nc(-c2ccc(Cl)cc2C)cn1CC. The topological polar surface area (TPSA) is 17.8 Å². The second kappa shape index (κ2) is 7.45. The van der Waals surface area contributed by atoms with E-state index in [0.29, 0.717) is 0 Å². The van der Waals surface area contributed by atoms with Gasteiger partial charge in [0.2, 0.25) is 0 Å². The van der Waals surface area contributed by atoms with Crippen LogP contribution in [-0.2, 0) is 19.4 Å². The maximum absolute atomic E-state index is 6.12. The van der Waals surface area contributed by atoms with Gasteiger partial charge in [0.25, 0.3) is 0 Å². The zero-order chi connectivity index (χ0) is 18.0. The third kappa shape index (κ3) is 3.36. The summed E-state index contributed by atoms with van der Waals surface area (Å²) in [6.45, 7) is 9.58. The van der Waals surface area contributed by atoms with Gasteiger partial charge in [0.1, 0.15) is 5.82 Å². The number of benzene rings is 2. The molecule has 1 aromatic heterocycles. The molecule has 25 heavy (non-hydrogen) atoms. The number of hydrogen-bond acceptors (Lipinski definition) is 1. The Kier molecular flexibility index (Phi) is 5.29. The first-order chi connectivity index (χ1) is 12.1. The summed E-state index contributed by atoms with van der Waals surface area (Å²) in [7, 11) is 0. The second-order valence-electron chi connectivity index (χ2n) is 6.35. The summed E-state index contributed by atoms with van der Waals surface area (Å²) in [5, 5.41) is 0.765. The van der Waals surface area contributed by atoms with Crippen LogP contribution in [0.3, 0.4) is 0 Å². The molecule has 0 radical (unpaired) electrons. The molecule has 0 amide bonds. The van der Waals surface area contributed by atoms with Crippen LogP contribution in [-0.4, -0.2) is 9.55 Å². The molecule has 3 aromatic rings. The average molecular weight is 353 g/mol. The minimum atomic E-state index is 0.765. The predicted octanol–water partition coefficient (Wildman–Crippen LogP) is 6.32.